The van der Waals surface area contributed by atoms with E-state index in [1.54, 1.807) is 35.7 Å². The molecule has 0 bridgehead atoms. The summed E-state index contributed by atoms with van der Waals surface area (Å²) in [7, 11) is 0. The monoisotopic (exact) mass is 315 g/mol. The third-order valence-electron chi connectivity index (χ3n) is 3.70. The largest absolute Gasteiger partial charge is 0.391 e. The molecule has 120 valence electrons. The van der Waals surface area contributed by atoms with Gasteiger partial charge in [-0.15, -0.1) is 15.3 Å². The van der Waals surface area contributed by atoms with E-state index in [-0.39, 0.29) is 11.9 Å². The summed E-state index contributed by atoms with van der Waals surface area (Å²) in [4.78, 5) is 0. The van der Waals surface area contributed by atoms with Gasteiger partial charge in [-0.05, 0) is 37.6 Å². The molecule has 1 aromatic carbocycles. The van der Waals surface area contributed by atoms with Gasteiger partial charge in [0.2, 0.25) is 0 Å². The zero-order valence-electron chi connectivity index (χ0n) is 12.9. The zero-order chi connectivity index (χ0) is 16.4. The lowest BCUT2D eigenvalue weighted by Crippen LogP contribution is -2.31. The van der Waals surface area contributed by atoms with Crippen molar-refractivity contribution in [2.24, 2.45) is 0 Å². The minimum Gasteiger partial charge on any atom is -0.391 e. The van der Waals surface area contributed by atoms with E-state index in [4.69, 9.17) is 0 Å². The van der Waals surface area contributed by atoms with E-state index in [2.05, 4.69) is 20.6 Å². The van der Waals surface area contributed by atoms with Gasteiger partial charge in [0, 0.05) is 5.56 Å². The summed E-state index contributed by atoms with van der Waals surface area (Å²) in [6.07, 6.45) is 0.261. The number of nitrogens with one attached hydrogen (secondary N) is 1. The number of benzene rings is 1. The molecule has 7 heteroatoms. The Bertz CT molecular complexity index is 817. The van der Waals surface area contributed by atoms with Gasteiger partial charge in [0.15, 0.2) is 11.5 Å². The molecule has 0 radical (unpaired) electrons. The summed E-state index contributed by atoms with van der Waals surface area (Å²) in [5.41, 5.74) is 1.17. The first-order valence-electron chi connectivity index (χ1n) is 7.51. The van der Waals surface area contributed by atoms with Crippen molar-refractivity contribution in [3.63, 3.8) is 0 Å². The quantitative estimate of drug-likeness (QED) is 0.756. The molecule has 0 aliphatic rings. The number of fused-ring (bicyclic) bond motifs is 1. The first-order chi connectivity index (χ1) is 11.1. The molecule has 0 aliphatic carbocycles. The molecule has 2 aromatic heterocycles. The minimum atomic E-state index is -0.499. The maximum absolute atomic E-state index is 13.4. The topological polar surface area (TPSA) is 75.3 Å². The summed E-state index contributed by atoms with van der Waals surface area (Å²) >= 11 is 0. The van der Waals surface area contributed by atoms with E-state index in [1.165, 1.54) is 12.1 Å². The second-order valence-corrected chi connectivity index (χ2v) is 5.42. The Labute approximate surface area is 133 Å². The van der Waals surface area contributed by atoms with Crippen molar-refractivity contribution >= 4 is 11.5 Å². The molecule has 23 heavy (non-hydrogen) atoms. The van der Waals surface area contributed by atoms with Crippen LogP contribution < -0.4 is 5.32 Å². The Balaban J connectivity index is 2.00. The van der Waals surface area contributed by atoms with Crippen LogP contribution in [0.4, 0.5) is 10.2 Å². The van der Waals surface area contributed by atoms with Crippen LogP contribution in [0.2, 0.25) is 0 Å². The van der Waals surface area contributed by atoms with Crippen LogP contribution in [0.5, 0.6) is 0 Å². The van der Waals surface area contributed by atoms with Crippen molar-refractivity contribution in [1.82, 2.24) is 19.8 Å². The van der Waals surface area contributed by atoms with Crippen LogP contribution in [-0.4, -0.2) is 37.1 Å². The van der Waals surface area contributed by atoms with Gasteiger partial charge in [-0.25, -0.2) is 4.39 Å². The second-order valence-electron chi connectivity index (χ2n) is 5.42. The number of hydrogen-bond donors (Lipinski definition) is 2. The van der Waals surface area contributed by atoms with Crippen molar-refractivity contribution < 1.29 is 9.50 Å². The van der Waals surface area contributed by atoms with Gasteiger partial charge < -0.3 is 10.4 Å². The Morgan fingerprint density at radius 3 is 2.78 bits per heavy atom. The second kappa shape index (κ2) is 6.29. The standard InChI is InChI=1S/C16H18FN5O/c1-3-13(10(2)23)18-14-7-8-15-19-20-16(22(15)21-14)11-5-4-6-12(17)9-11/h4-10,13,23H,3H2,1-2H3,(H,18,21). The molecule has 3 aromatic rings. The lowest BCUT2D eigenvalue weighted by molar-refractivity contribution is 0.169. The third kappa shape index (κ3) is 3.14. The molecule has 0 aliphatic heterocycles. The van der Waals surface area contributed by atoms with Crippen molar-refractivity contribution in [2.75, 3.05) is 5.32 Å². The van der Waals surface area contributed by atoms with Crippen LogP contribution in [0.3, 0.4) is 0 Å². The van der Waals surface area contributed by atoms with E-state index < -0.39 is 6.10 Å². The number of aromatic nitrogens is 4. The molecule has 0 spiro atoms. The van der Waals surface area contributed by atoms with Crippen LogP contribution >= 0.6 is 0 Å². The van der Waals surface area contributed by atoms with E-state index in [1.807, 2.05) is 6.92 Å². The molecule has 6 nitrogen and oxygen atoms in total. The number of halogens is 1. The normalized spacial score (nSPS) is 13.9. The maximum atomic E-state index is 13.4. The number of nitrogens with zero attached hydrogens (tertiary/aromatic N) is 4. The SMILES string of the molecule is CCC(Nc1ccc2nnc(-c3cccc(F)c3)n2n1)C(C)O. The summed E-state index contributed by atoms with van der Waals surface area (Å²) < 4.78 is 15.0. The molecule has 0 fully saturated rings. The zero-order valence-corrected chi connectivity index (χ0v) is 12.9. The van der Waals surface area contributed by atoms with Gasteiger partial charge in [0.05, 0.1) is 12.1 Å². The predicted octanol–water partition coefficient (Wildman–Crippen LogP) is 2.50. The first-order valence-corrected chi connectivity index (χ1v) is 7.51. The van der Waals surface area contributed by atoms with Crippen LogP contribution in [0.1, 0.15) is 20.3 Å². The van der Waals surface area contributed by atoms with Crippen LogP contribution in [0, 0.1) is 5.82 Å². The van der Waals surface area contributed by atoms with Crippen LogP contribution in [-0.2, 0) is 0 Å². The molecule has 0 saturated heterocycles. The highest BCUT2D eigenvalue weighted by Gasteiger charge is 2.15. The third-order valence-corrected chi connectivity index (χ3v) is 3.70. The number of anilines is 1. The maximum Gasteiger partial charge on any atom is 0.185 e. The van der Waals surface area contributed by atoms with E-state index in [0.717, 1.165) is 6.42 Å². The summed E-state index contributed by atoms with van der Waals surface area (Å²) in [6, 6.07) is 9.60. The molecule has 2 atom stereocenters. The van der Waals surface area contributed by atoms with E-state index in [9.17, 15) is 9.50 Å². The van der Waals surface area contributed by atoms with E-state index >= 15 is 0 Å². The van der Waals surface area contributed by atoms with Gasteiger partial charge in [-0.2, -0.15) is 4.52 Å². The van der Waals surface area contributed by atoms with Crippen molar-refractivity contribution in [3.8, 4) is 11.4 Å². The van der Waals surface area contributed by atoms with Crippen LogP contribution in [0.25, 0.3) is 17.0 Å². The fraction of sp³-hybridized carbons (Fsp3) is 0.312. The summed E-state index contributed by atoms with van der Waals surface area (Å²) in [5, 5.41) is 25.5. The van der Waals surface area contributed by atoms with E-state index in [0.29, 0.717) is 22.9 Å². The molecule has 2 N–H and O–H groups in total. The number of aliphatic hydroxyl groups is 1. The smallest absolute Gasteiger partial charge is 0.185 e. The lowest BCUT2D eigenvalue weighted by atomic mass is 10.1. The van der Waals surface area contributed by atoms with Gasteiger partial charge in [-0.1, -0.05) is 19.1 Å². The first kappa shape index (κ1) is 15.4. The average molecular weight is 315 g/mol. The van der Waals surface area contributed by atoms with Gasteiger partial charge >= 0.3 is 0 Å². The van der Waals surface area contributed by atoms with Gasteiger partial charge in [-0.3, -0.25) is 0 Å². The van der Waals surface area contributed by atoms with Crippen molar-refractivity contribution in [1.29, 1.82) is 0 Å². The predicted molar refractivity (Wildman–Crippen MR) is 85.6 cm³/mol. The fourth-order valence-electron chi connectivity index (χ4n) is 2.43. The highest BCUT2D eigenvalue weighted by atomic mass is 19.1. The Hall–Kier alpha value is -2.54. The molecule has 2 unspecified atom stereocenters. The molecular weight excluding hydrogens is 297 g/mol. The van der Waals surface area contributed by atoms with Crippen molar-refractivity contribution in [3.05, 3.63) is 42.2 Å². The van der Waals surface area contributed by atoms with Crippen LogP contribution in [0.15, 0.2) is 36.4 Å². The highest BCUT2D eigenvalue weighted by molar-refractivity contribution is 5.59. The minimum absolute atomic E-state index is 0.103. The lowest BCUT2D eigenvalue weighted by Gasteiger charge is -2.20. The van der Waals surface area contributed by atoms with Crippen molar-refractivity contribution in [2.45, 2.75) is 32.4 Å². The Morgan fingerprint density at radius 2 is 2.09 bits per heavy atom. The average Bonchev–Trinajstić information content (AvgIpc) is 2.95. The Kier molecular flexibility index (Phi) is 4.20. The molecular formula is C16H18FN5O. The van der Waals surface area contributed by atoms with Gasteiger partial charge in [0.25, 0.3) is 0 Å². The highest BCUT2D eigenvalue weighted by Crippen LogP contribution is 2.19. The summed E-state index contributed by atoms with van der Waals surface area (Å²) in [6.45, 7) is 3.72. The number of rotatable bonds is 5. The molecule has 0 amide bonds. The Morgan fingerprint density at radius 1 is 1.26 bits per heavy atom. The molecule has 2 heterocycles. The fourth-order valence-corrected chi connectivity index (χ4v) is 2.43. The molecule has 3 rings (SSSR count). The number of hydrogen-bond acceptors (Lipinski definition) is 5. The number of aliphatic hydroxyl groups excluding tert-OH is 1. The molecule has 0 saturated carbocycles. The van der Waals surface area contributed by atoms with Gasteiger partial charge in [0.1, 0.15) is 11.6 Å². The summed E-state index contributed by atoms with van der Waals surface area (Å²) in [5.74, 6) is 0.727.